The van der Waals surface area contributed by atoms with Crippen LogP contribution in [0.1, 0.15) is 25.8 Å². The number of carbonyl (C=O) groups is 1. The van der Waals surface area contributed by atoms with Crippen LogP contribution in [0.25, 0.3) is 0 Å². The molecule has 96 valence electrons. The number of benzene rings is 1. The first kappa shape index (κ1) is 14.3. The molecule has 0 saturated heterocycles. The molecule has 0 aliphatic rings. The van der Waals surface area contributed by atoms with Crippen molar-refractivity contribution in [3.63, 3.8) is 0 Å². The maximum Gasteiger partial charge on any atom is 0.221 e. The summed E-state index contributed by atoms with van der Waals surface area (Å²) in [4.78, 5) is 11.3. The first-order chi connectivity index (χ1) is 8.68. The summed E-state index contributed by atoms with van der Waals surface area (Å²) < 4.78 is 0. The van der Waals surface area contributed by atoms with Crippen LogP contribution in [-0.4, -0.2) is 25.0 Å². The van der Waals surface area contributed by atoms with Crippen LogP contribution in [0, 0.1) is 11.8 Å². The molecule has 0 unspecified atom stereocenters. The van der Waals surface area contributed by atoms with E-state index >= 15 is 0 Å². The minimum absolute atomic E-state index is 0.0773. The SMILES string of the molecule is CC(C)NC(=O)CCNCC#Cc1ccccc1. The quantitative estimate of drug-likeness (QED) is 0.609. The van der Waals surface area contributed by atoms with E-state index in [4.69, 9.17) is 0 Å². The third kappa shape index (κ3) is 6.72. The molecule has 18 heavy (non-hydrogen) atoms. The molecule has 0 spiro atoms. The second-order valence-corrected chi connectivity index (χ2v) is 4.32. The molecular formula is C15H20N2O. The average molecular weight is 244 g/mol. The summed E-state index contributed by atoms with van der Waals surface area (Å²) in [7, 11) is 0. The summed E-state index contributed by atoms with van der Waals surface area (Å²) in [5.74, 6) is 6.15. The first-order valence-corrected chi connectivity index (χ1v) is 6.22. The lowest BCUT2D eigenvalue weighted by Crippen LogP contribution is -2.32. The van der Waals surface area contributed by atoms with Crippen molar-refractivity contribution < 1.29 is 4.79 Å². The van der Waals surface area contributed by atoms with Crippen molar-refractivity contribution in [2.24, 2.45) is 0 Å². The minimum atomic E-state index is 0.0773. The molecule has 2 N–H and O–H groups in total. The molecule has 0 fully saturated rings. The highest BCUT2D eigenvalue weighted by molar-refractivity contribution is 5.76. The van der Waals surface area contributed by atoms with E-state index in [-0.39, 0.29) is 11.9 Å². The Kier molecular flexibility index (Phi) is 6.60. The van der Waals surface area contributed by atoms with Gasteiger partial charge in [-0.05, 0) is 26.0 Å². The Balaban J connectivity index is 2.13. The van der Waals surface area contributed by atoms with Gasteiger partial charge in [0.1, 0.15) is 0 Å². The van der Waals surface area contributed by atoms with Gasteiger partial charge in [0.15, 0.2) is 0 Å². The topological polar surface area (TPSA) is 41.1 Å². The van der Waals surface area contributed by atoms with Crippen LogP contribution in [0.3, 0.4) is 0 Å². The number of carbonyl (C=O) groups excluding carboxylic acids is 1. The lowest BCUT2D eigenvalue weighted by atomic mass is 10.2. The number of hydrogen-bond acceptors (Lipinski definition) is 2. The molecule has 0 aliphatic heterocycles. The van der Waals surface area contributed by atoms with Gasteiger partial charge in [-0.25, -0.2) is 0 Å². The van der Waals surface area contributed by atoms with E-state index in [1.165, 1.54) is 0 Å². The second kappa shape index (κ2) is 8.32. The van der Waals surface area contributed by atoms with Crippen molar-refractivity contribution in [3.8, 4) is 11.8 Å². The number of nitrogens with one attached hydrogen (secondary N) is 2. The molecule has 0 saturated carbocycles. The molecule has 0 aliphatic carbocycles. The van der Waals surface area contributed by atoms with Gasteiger partial charge in [-0.1, -0.05) is 30.0 Å². The molecule has 3 nitrogen and oxygen atoms in total. The Labute approximate surface area is 109 Å². The Hall–Kier alpha value is -1.79. The van der Waals surface area contributed by atoms with Gasteiger partial charge in [-0.15, -0.1) is 0 Å². The molecule has 0 aromatic heterocycles. The van der Waals surface area contributed by atoms with Gasteiger partial charge in [0, 0.05) is 24.6 Å². The van der Waals surface area contributed by atoms with E-state index in [1.54, 1.807) is 0 Å². The van der Waals surface area contributed by atoms with Gasteiger partial charge in [0.05, 0.1) is 6.54 Å². The third-order valence-electron chi connectivity index (χ3n) is 2.20. The zero-order valence-electron chi connectivity index (χ0n) is 11.0. The molecule has 0 radical (unpaired) electrons. The highest BCUT2D eigenvalue weighted by Crippen LogP contribution is 1.94. The van der Waals surface area contributed by atoms with Gasteiger partial charge in [-0.3, -0.25) is 4.79 Å². The summed E-state index contributed by atoms with van der Waals surface area (Å²) in [6.45, 7) is 5.17. The molecule has 1 aromatic rings. The zero-order chi connectivity index (χ0) is 13.2. The normalized spacial score (nSPS) is 9.72. The number of amides is 1. The molecule has 1 aromatic carbocycles. The summed E-state index contributed by atoms with van der Waals surface area (Å²) in [5.41, 5.74) is 1.01. The summed E-state index contributed by atoms with van der Waals surface area (Å²) in [6.07, 6.45) is 0.491. The molecule has 0 heterocycles. The predicted octanol–water partition coefficient (Wildman–Crippen LogP) is 1.54. The fourth-order valence-electron chi connectivity index (χ4n) is 1.41. The average Bonchev–Trinajstić information content (AvgIpc) is 2.34. The minimum Gasteiger partial charge on any atom is -0.354 e. The monoisotopic (exact) mass is 244 g/mol. The van der Waals surface area contributed by atoms with Crippen LogP contribution in [0.2, 0.25) is 0 Å². The van der Waals surface area contributed by atoms with Gasteiger partial charge in [0.25, 0.3) is 0 Å². The molecule has 0 atom stereocenters. The van der Waals surface area contributed by atoms with E-state index < -0.39 is 0 Å². The Bertz CT molecular complexity index is 415. The molecule has 3 heteroatoms. The maximum absolute atomic E-state index is 11.3. The van der Waals surface area contributed by atoms with Gasteiger partial charge >= 0.3 is 0 Å². The Morgan fingerprint density at radius 3 is 2.67 bits per heavy atom. The van der Waals surface area contributed by atoms with Crippen LogP contribution in [-0.2, 0) is 4.79 Å². The summed E-state index contributed by atoms with van der Waals surface area (Å²) in [5, 5.41) is 5.97. The number of rotatable bonds is 5. The van der Waals surface area contributed by atoms with Crippen molar-refractivity contribution in [1.82, 2.24) is 10.6 Å². The molecule has 0 bridgehead atoms. The van der Waals surface area contributed by atoms with Crippen LogP contribution in [0.15, 0.2) is 30.3 Å². The van der Waals surface area contributed by atoms with E-state index in [0.717, 1.165) is 5.56 Å². The highest BCUT2D eigenvalue weighted by atomic mass is 16.1. The molecule has 1 amide bonds. The van der Waals surface area contributed by atoms with Crippen LogP contribution in [0.4, 0.5) is 0 Å². The standard InChI is InChI=1S/C15H20N2O/c1-13(2)17-15(18)10-12-16-11-6-9-14-7-4-3-5-8-14/h3-5,7-8,13,16H,10-12H2,1-2H3,(H,17,18). The van der Waals surface area contributed by atoms with E-state index in [0.29, 0.717) is 19.5 Å². The number of hydrogen-bond donors (Lipinski definition) is 2. The molecular weight excluding hydrogens is 224 g/mol. The second-order valence-electron chi connectivity index (χ2n) is 4.32. The van der Waals surface area contributed by atoms with Crippen molar-refractivity contribution in [1.29, 1.82) is 0 Å². The van der Waals surface area contributed by atoms with Crippen molar-refractivity contribution >= 4 is 5.91 Å². The van der Waals surface area contributed by atoms with Crippen molar-refractivity contribution in [3.05, 3.63) is 35.9 Å². The summed E-state index contributed by atoms with van der Waals surface area (Å²) in [6, 6.07) is 10.1. The smallest absolute Gasteiger partial charge is 0.221 e. The fourth-order valence-corrected chi connectivity index (χ4v) is 1.41. The lowest BCUT2D eigenvalue weighted by molar-refractivity contribution is -0.121. The lowest BCUT2D eigenvalue weighted by Gasteiger charge is -2.07. The van der Waals surface area contributed by atoms with Crippen LogP contribution < -0.4 is 10.6 Å². The molecule has 1 rings (SSSR count). The Morgan fingerprint density at radius 1 is 1.28 bits per heavy atom. The van der Waals surface area contributed by atoms with Gasteiger partial charge in [0.2, 0.25) is 5.91 Å². The van der Waals surface area contributed by atoms with E-state index in [2.05, 4.69) is 22.5 Å². The van der Waals surface area contributed by atoms with Crippen LogP contribution >= 0.6 is 0 Å². The van der Waals surface area contributed by atoms with Gasteiger partial charge < -0.3 is 10.6 Å². The first-order valence-electron chi connectivity index (χ1n) is 6.22. The predicted molar refractivity (Wildman–Crippen MR) is 74.1 cm³/mol. The maximum atomic E-state index is 11.3. The Morgan fingerprint density at radius 2 is 2.00 bits per heavy atom. The zero-order valence-corrected chi connectivity index (χ0v) is 11.0. The van der Waals surface area contributed by atoms with Crippen molar-refractivity contribution in [2.45, 2.75) is 26.3 Å². The summed E-state index contributed by atoms with van der Waals surface area (Å²) >= 11 is 0. The highest BCUT2D eigenvalue weighted by Gasteiger charge is 2.01. The van der Waals surface area contributed by atoms with E-state index in [1.807, 2.05) is 44.2 Å². The van der Waals surface area contributed by atoms with Crippen LogP contribution in [0.5, 0.6) is 0 Å². The fraction of sp³-hybridized carbons (Fsp3) is 0.400. The van der Waals surface area contributed by atoms with Crippen molar-refractivity contribution in [2.75, 3.05) is 13.1 Å². The van der Waals surface area contributed by atoms with E-state index in [9.17, 15) is 4.79 Å². The van der Waals surface area contributed by atoms with Gasteiger partial charge in [-0.2, -0.15) is 0 Å². The third-order valence-corrected chi connectivity index (χ3v) is 2.20. The largest absolute Gasteiger partial charge is 0.354 e.